The van der Waals surface area contributed by atoms with E-state index < -0.39 is 0 Å². The van der Waals surface area contributed by atoms with Gasteiger partial charge in [0, 0.05) is 0 Å². The van der Waals surface area contributed by atoms with Crippen LogP contribution in [0, 0.1) is 33.3 Å². The summed E-state index contributed by atoms with van der Waals surface area (Å²) in [5.41, 5.74) is 1.06. The maximum absolute atomic E-state index is 7.50. The third-order valence-electron chi connectivity index (χ3n) is 1.32. The van der Waals surface area contributed by atoms with Crippen molar-refractivity contribution in [2.24, 2.45) is 0 Å². The zero-order valence-corrected chi connectivity index (χ0v) is 13.1. The molecule has 0 spiro atoms. The van der Waals surface area contributed by atoms with Crippen molar-refractivity contribution in [2.45, 2.75) is 0 Å². The fourth-order valence-electron chi connectivity index (χ4n) is 0.789. The molecule has 0 unspecified atom stereocenters. The molecule has 0 fully saturated rings. The molecule has 0 saturated carbocycles. The number of hydrogen-bond donors (Lipinski definition) is 0. The quantitative estimate of drug-likeness (QED) is 0.455. The average molecular weight is 361 g/mol. The molecule has 1 aromatic rings. The van der Waals surface area contributed by atoms with Gasteiger partial charge in [0.1, 0.15) is 0 Å². The van der Waals surface area contributed by atoms with Gasteiger partial charge in [0.2, 0.25) is 0 Å². The van der Waals surface area contributed by atoms with Crippen molar-refractivity contribution in [2.75, 3.05) is 12.5 Å². The molecule has 1 aromatic carbocycles. The van der Waals surface area contributed by atoms with Gasteiger partial charge >= 0.3 is 142 Å². The molecule has 0 N–H and O–H groups in total. The summed E-state index contributed by atoms with van der Waals surface area (Å²) in [6, 6.07) is 9.88. The van der Waals surface area contributed by atoms with Crippen LogP contribution < -0.4 is 0 Å². The molecular formula is C14H9ClCrO6. The Labute approximate surface area is 142 Å². The number of halogens is 1. The molecule has 0 saturated heterocycles. The molecule has 0 aliphatic heterocycles. The van der Waals surface area contributed by atoms with E-state index in [0.717, 1.165) is 10.1 Å². The van der Waals surface area contributed by atoms with Crippen LogP contribution in [-0.2, 0) is 43.8 Å². The van der Waals surface area contributed by atoms with Gasteiger partial charge in [-0.25, -0.2) is 0 Å². The van der Waals surface area contributed by atoms with Crippen molar-refractivity contribution in [3.63, 3.8) is 0 Å². The van der Waals surface area contributed by atoms with Gasteiger partial charge in [0.15, 0.2) is 0 Å². The zero-order valence-electron chi connectivity index (χ0n) is 11.0. The third-order valence-corrected chi connectivity index (χ3v) is 2.03. The Morgan fingerprint density at radius 2 is 1.23 bits per heavy atom. The van der Waals surface area contributed by atoms with Gasteiger partial charge in [0.05, 0.1) is 0 Å². The van der Waals surface area contributed by atoms with Crippen LogP contribution in [0.3, 0.4) is 0 Å². The predicted octanol–water partition coefficient (Wildman–Crippen LogP) is 1.78. The number of benzene rings is 1. The fraction of sp³-hybridized carbons (Fsp3) is 0.143. The van der Waals surface area contributed by atoms with Gasteiger partial charge < -0.3 is 0 Å². The Kier molecular flexibility index (Phi) is 63.1. The number of alkyl halides is 1. The SMILES string of the molecule is ClCCO[C](=[Cr])c1ccccc1.[C-]#[O+].[C-]#[O+].[C-]#[O+].[C-]#[O+].[C-]#[O+]. The molecule has 8 heteroatoms. The van der Waals surface area contributed by atoms with Gasteiger partial charge in [0.25, 0.3) is 0 Å². The van der Waals surface area contributed by atoms with E-state index in [1.165, 1.54) is 0 Å². The predicted molar refractivity (Wildman–Crippen MR) is 66.9 cm³/mol. The van der Waals surface area contributed by atoms with Crippen LogP contribution in [-0.4, -0.2) is 17.1 Å². The van der Waals surface area contributed by atoms with Crippen LogP contribution in [0.4, 0.5) is 0 Å². The molecule has 6 nitrogen and oxygen atoms in total. The van der Waals surface area contributed by atoms with Crippen LogP contribution in [0.25, 0.3) is 0 Å². The van der Waals surface area contributed by atoms with Crippen LogP contribution in [0.2, 0.25) is 0 Å². The zero-order chi connectivity index (χ0) is 18.8. The second-order valence-electron chi connectivity index (χ2n) is 2.19. The van der Waals surface area contributed by atoms with Crippen LogP contribution in [0.5, 0.6) is 0 Å². The van der Waals surface area contributed by atoms with E-state index in [-0.39, 0.29) is 0 Å². The van der Waals surface area contributed by atoms with Crippen molar-refractivity contribution >= 4 is 16.2 Å². The first-order valence-corrected chi connectivity index (χ1v) is 5.82. The maximum atomic E-state index is 7.50. The van der Waals surface area contributed by atoms with Crippen LogP contribution in [0.1, 0.15) is 5.56 Å². The van der Waals surface area contributed by atoms with Crippen LogP contribution in [0.15, 0.2) is 30.3 Å². The van der Waals surface area contributed by atoms with Gasteiger partial charge in [-0.3, -0.25) is 0 Å². The van der Waals surface area contributed by atoms with Crippen molar-refractivity contribution in [3.8, 4) is 0 Å². The molecule has 0 aliphatic carbocycles. The molecule has 0 radical (unpaired) electrons. The van der Waals surface area contributed by atoms with E-state index in [0.29, 0.717) is 12.5 Å². The Hall–Kier alpha value is -1.43. The number of ether oxygens (including phenoxy) is 1. The van der Waals surface area contributed by atoms with Crippen molar-refractivity contribution in [1.29, 1.82) is 0 Å². The second-order valence-corrected chi connectivity index (χ2v) is 3.15. The van der Waals surface area contributed by atoms with Gasteiger partial charge in [-0.1, -0.05) is 0 Å². The summed E-state index contributed by atoms with van der Waals surface area (Å²) in [4.78, 5) is 0. The summed E-state index contributed by atoms with van der Waals surface area (Å²) in [7, 11) is 0. The van der Waals surface area contributed by atoms with Crippen molar-refractivity contribution in [3.05, 3.63) is 69.1 Å². The van der Waals surface area contributed by atoms with E-state index in [4.69, 9.17) is 39.6 Å². The van der Waals surface area contributed by atoms with E-state index in [1.54, 1.807) is 0 Å². The molecule has 0 atom stereocenters. The monoisotopic (exact) mass is 360 g/mol. The van der Waals surface area contributed by atoms with Crippen molar-refractivity contribution in [1.82, 2.24) is 0 Å². The third kappa shape index (κ3) is 27.0. The summed E-state index contributed by atoms with van der Waals surface area (Å²) in [6.45, 7) is 23.0. The molecule has 0 bridgehead atoms. The van der Waals surface area contributed by atoms with Crippen LogP contribution >= 0.6 is 11.6 Å². The first-order chi connectivity index (χ1) is 10.8. The van der Waals surface area contributed by atoms with Gasteiger partial charge in [-0.15, -0.1) is 0 Å². The first-order valence-electron chi connectivity index (χ1n) is 4.65. The molecular weight excluding hydrogens is 352 g/mol. The standard InChI is InChI=1S/C9H9ClO.5CO.Cr/c10-6-7-11-8-9-4-2-1-3-5-9;5*1-2;/h1-5H,6-7H2;;;;;;. The van der Waals surface area contributed by atoms with E-state index in [1.807, 2.05) is 30.3 Å². The number of hydrogen-bond acceptors (Lipinski definition) is 1. The first kappa shape index (κ1) is 32.5. The van der Waals surface area contributed by atoms with Gasteiger partial charge in [-0.2, -0.15) is 0 Å². The Morgan fingerprint density at radius 3 is 1.55 bits per heavy atom. The topological polar surface area (TPSA) is 109 Å². The molecule has 0 amide bonds. The molecule has 1 rings (SSSR count). The van der Waals surface area contributed by atoms with E-state index in [2.05, 4.69) is 49.1 Å². The number of rotatable bonds is 4. The summed E-state index contributed by atoms with van der Waals surface area (Å²) < 4.78 is 43.6. The molecule has 0 heterocycles. The van der Waals surface area contributed by atoms with Crippen molar-refractivity contribution < 1.29 is 43.8 Å². The summed E-state index contributed by atoms with van der Waals surface area (Å²) in [5, 5.41) is 0. The Morgan fingerprint density at radius 1 is 0.864 bits per heavy atom. The molecule has 114 valence electrons. The van der Waals surface area contributed by atoms with E-state index in [9.17, 15) is 0 Å². The molecule has 0 aliphatic rings. The minimum atomic E-state index is 0.512. The van der Waals surface area contributed by atoms with E-state index >= 15 is 0 Å². The molecule has 22 heavy (non-hydrogen) atoms. The summed E-state index contributed by atoms with van der Waals surface area (Å²) >= 11 is 8.34. The minimum absolute atomic E-state index is 0.512. The Bertz CT molecular complexity index is 401. The summed E-state index contributed by atoms with van der Waals surface area (Å²) in [5.74, 6) is 0.512. The second kappa shape index (κ2) is 42.7. The normalized spacial score (nSPS) is 5.77. The fourth-order valence-corrected chi connectivity index (χ4v) is 1.21. The Balaban J connectivity index is -0.0000000822. The average Bonchev–Trinajstić information content (AvgIpc) is 2.68. The van der Waals surface area contributed by atoms with Gasteiger partial charge in [-0.05, 0) is 0 Å². The molecule has 0 aromatic heterocycles. The summed E-state index contributed by atoms with van der Waals surface area (Å²) in [6.07, 6.45) is 0.